The fourth-order valence-corrected chi connectivity index (χ4v) is 1.81. The molecule has 6 heteroatoms. The highest BCUT2D eigenvalue weighted by Gasteiger charge is 2.30. The second-order valence-corrected chi connectivity index (χ2v) is 4.53. The van der Waals surface area contributed by atoms with Crippen LogP contribution in [0.15, 0.2) is 48.5 Å². The summed E-state index contributed by atoms with van der Waals surface area (Å²) in [5.74, 6) is 0.846. The molecule has 2 nitrogen and oxygen atoms in total. The van der Waals surface area contributed by atoms with E-state index in [0.29, 0.717) is 11.6 Å². The Morgan fingerprint density at radius 3 is 1.86 bits per heavy atom. The molecule has 0 saturated carbocycles. The Kier molecular flexibility index (Phi) is 4.96. The zero-order valence-electron chi connectivity index (χ0n) is 10.9. The van der Waals surface area contributed by atoms with Crippen LogP contribution in [0.5, 0.6) is 11.5 Å². The molecule has 112 valence electrons. The summed E-state index contributed by atoms with van der Waals surface area (Å²) < 4.78 is 45.4. The van der Waals surface area contributed by atoms with Crippen LogP contribution >= 0.6 is 11.6 Å². The van der Waals surface area contributed by atoms with Crippen molar-refractivity contribution in [3.63, 3.8) is 0 Å². The first-order chi connectivity index (χ1) is 9.96. The molecule has 0 amide bonds. The van der Waals surface area contributed by atoms with E-state index in [-0.39, 0.29) is 12.4 Å². The van der Waals surface area contributed by atoms with E-state index in [9.17, 15) is 13.2 Å². The molecule has 2 aromatic rings. The van der Waals surface area contributed by atoms with Crippen LogP contribution < -0.4 is 9.47 Å². The van der Waals surface area contributed by atoms with E-state index in [1.807, 2.05) is 12.1 Å². The molecule has 2 aromatic carbocycles. The van der Waals surface area contributed by atoms with Crippen molar-refractivity contribution in [2.75, 3.05) is 0 Å². The molecule has 2 rings (SSSR count). The Labute approximate surface area is 125 Å². The molecule has 0 aliphatic carbocycles. The van der Waals surface area contributed by atoms with E-state index in [1.54, 1.807) is 12.1 Å². The summed E-state index contributed by atoms with van der Waals surface area (Å²) in [5.41, 5.74) is 1.73. The van der Waals surface area contributed by atoms with Gasteiger partial charge in [0.25, 0.3) is 0 Å². The molecule has 0 radical (unpaired) electrons. The van der Waals surface area contributed by atoms with E-state index in [0.717, 1.165) is 11.1 Å². The van der Waals surface area contributed by atoms with Crippen LogP contribution in [0.3, 0.4) is 0 Å². The number of halogens is 4. The van der Waals surface area contributed by atoms with Crippen LogP contribution in [-0.4, -0.2) is 6.36 Å². The second-order valence-electron chi connectivity index (χ2n) is 4.26. The first-order valence-corrected chi connectivity index (χ1v) is 6.62. The van der Waals surface area contributed by atoms with Crippen molar-refractivity contribution < 1.29 is 22.6 Å². The van der Waals surface area contributed by atoms with Gasteiger partial charge in [0, 0.05) is 5.88 Å². The number of hydrogen-bond donors (Lipinski definition) is 0. The molecule has 0 fully saturated rings. The van der Waals surface area contributed by atoms with E-state index < -0.39 is 6.36 Å². The number of benzene rings is 2. The van der Waals surface area contributed by atoms with E-state index in [2.05, 4.69) is 4.74 Å². The SMILES string of the molecule is FC(F)(F)Oc1ccc(COc2ccc(CCl)cc2)cc1. The Morgan fingerprint density at radius 1 is 0.810 bits per heavy atom. The van der Waals surface area contributed by atoms with Gasteiger partial charge in [0.1, 0.15) is 18.1 Å². The zero-order valence-corrected chi connectivity index (χ0v) is 11.6. The van der Waals surface area contributed by atoms with Crippen molar-refractivity contribution in [1.82, 2.24) is 0 Å². The third kappa shape index (κ3) is 5.19. The van der Waals surface area contributed by atoms with Gasteiger partial charge in [-0.15, -0.1) is 24.8 Å². The van der Waals surface area contributed by atoms with Crippen molar-refractivity contribution in [2.24, 2.45) is 0 Å². The number of rotatable bonds is 5. The van der Waals surface area contributed by atoms with Gasteiger partial charge in [0.05, 0.1) is 0 Å². The normalized spacial score (nSPS) is 11.2. The average molecular weight is 317 g/mol. The van der Waals surface area contributed by atoms with Gasteiger partial charge >= 0.3 is 6.36 Å². The lowest BCUT2D eigenvalue weighted by Gasteiger charge is -2.10. The van der Waals surface area contributed by atoms with Gasteiger partial charge in [-0.25, -0.2) is 0 Å². The molecule has 0 bridgehead atoms. The molecule has 0 aromatic heterocycles. The Balaban J connectivity index is 1.91. The standard InChI is InChI=1S/C15H12ClF3O2/c16-9-11-1-5-13(6-2-11)20-10-12-3-7-14(8-4-12)21-15(17,18)19/h1-8H,9-10H2. The molecule has 0 aliphatic rings. The van der Waals surface area contributed by atoms with Crippen LogP contribution in [0.2, 0.25) is 0 Å². The smallest absolute Gasteiger partial charge is 0.489 e. The van der Waals surface area contributed by atoms with Crippen molar-refractivity contribution in [3.05, 3.63) is 59.7 Å². The topological polar surface area (TPSA) is 18.5 Å². The van der Waals surface area contributed by atoms with Gasteiger partial charge in [0.2, 0.25) is 0 Å². The predicted molar refractivity (Wildman–Crippen MR) is 73.5 cm³/mol. The van der Waals surface area contributed by atoms with Gasteiger partial charge in [-0.3, -0.25) is 0 Å². The summed E-state index contributed by atoms with van der Waals surface area (Å²) in [7, 11) is 0. The lowest BCUT2D eigenvalue weighted by Crippen LogP contribution is -2.17. The zero-order chi connectivity index (χ0) is 15.3. The highest BCUT2D eigenvalue weighted by atomic mass is 35.5. The minimum Gasteiger partial charge on any atom is -0.489 e. The fourth-order valence-electron chi connectivity index (χ4n) is 1.63. The summed E-state index contributed by atoms with van der Waals surface area (Å²) >= 11 is 5.68. The van der Waals surface area contributed by atoms with E-state index in [1.165, 1.54) is 24.3 Å². The van der Waals surface area contributed by atoms with Crippen LogP contribution in [-0.2, 0) is 12.5 Å². The Morgan fingerprint density at radius 2 is 1.33 bits per heavy atom. The summed E-state index contributed by atoms with van der Waals surface area (Å²) in [6, 6.07) is 12.8. The van der Waals surface area contributed by atoms with Crippen molar-refractivity contribution in [3.8, 4) is 11.5 Å². The third-order valence-corrected chi connectivity index (χ3v) is 2.95. The van der Waals surface area contributed by atoms with Gasteiger partial charge in [-0.1, -0.05) is 24.3 Å². The monoisotopic (exact) mass is 316 g/mol. The maximum Gasteiger partial charge on any atom is 0.573 e. The molecule has 0 unspecified atom stereocenters. The van der Waals surface area contributed by atoms with E-state index in [4.69, 9.17) is 16.3 Å². The van der Waals surface area contributed by atoms with Crippen LogP contribution in [0, 0.1) is 0 Å². The molecule has 0 saturated heterocycles. The fraction of sp³-hybridized carbons (Fsp3) is 0.200. The molecule has 0 aliphatic heterocycles. The molecule has 0 heterocycles. The first kappa shape index (κ1) is 15.5. The van der Waals surface area contributed by atoms with Crippen molar-refractivity contribution in [2.45, 2.75) is 18.8 Å². The average Bonchev–Trinajstić information content (AvgIpc) is 2.45. The van der Waals surface area contributed by atoms with Gasteiger partial charge < -0.3 is 9.47 Å². The highest BCUT2D eigenvalue weighted by molar-refractivity contribution is 6.17. The maximum absolute atomic E-state index is 12.0. The molecule has 0 spiro atoms. The van der Waals surface area contributed by atoms with Gasteiger partial charge in [-0.05, 0) is 35.4 Å². The molecule has 0 N–H and O–H groups in total. The van der Waals surface area contributed by atoms with Crippen LogP contribution in [0.1, 0.15) is 11.1 Å². The summed E-state index contributed by atoms with van der Waals surface area (Å²) in [4.78, 5) is 0. The summed E-state index contributed by atoms with van der Waals surface area (Å²) in [6.07, 6.45) is -4.68. The predicted octanol–water partition coefficient (Wildman–Crippen LogP) is 4.90. The summed E-state index contributed by atoms with van der Waals surface area (Å²) in [5, 5.41) is 0. The van der Waals surface area contributed by atoms with Gasteiger partial charge in [-0.2, -0.15) is 0 Å². The minimum absolute atomic E-state index is 0.252. The van der Waals surface area contributed by atoms with Crippen molar-refractivity contribution >= 4 is 11.6 Å². The number of ether oxygens (including phenoxy) is 2. The van der Waals surface area contributed by atoms with Crippen LogP contribution in [0.4, 0.5) is 13.2 Å². The van der Waals surface area contributed by atoms with Gasteiger partial charge in [0.15, 0.2) is 0 Å². The second kappa shape index (κ2) is 6.72. The quantitative estimate of drug-likeness (QED) is 0.730. The van der Waals surface area contributed by atoms with E-state index >= 15 is 0 Å². The lowest BCUT2D eigenvalue weighted by molar-refractivity contribution is -0.274. The number of alkyl halides is 4. The molecular formula is C15H12ClF3O2. The Bertz CT molecular complexity index is 565. The maximum atomic E-state index is 12.0. The van der Waals surface area contributed by atoms with Crippen molar-refractivity contribution in [1.29, 1.82) is 0 Å². The molecule has 0 atom stereocenters. The first-order valence-electron chi connectivity index (χ1n) is 6.09. The largest absolute Gasteiger partial charge is 0.573 e. The Hall–Kier alpha value is -1.88. The number of hydrogen-bond acceptors (Lipinski definition) is 2. The highest BCUT2D eigenvalue weighted by Crippen LogP contribution is 2.23. The molecule has 21 heavy (non-hydrogen) atoms. The van der Waals surface area contributed by atoms with Crippen LogP contribution in [0.25, 0.3) is 0 Å². The lowest BCUT2D eigenvalue weighted by atomic mass is 10.2. The summed E-state index contributed by atoms with van der Waals surface area (Å²) in [6.45, 7) is 0.256. The molecular weight excluding hydrogens is 305 g/mol. The minimum atomic E-state index is -4.68. The third-order valence-electron chi connectivity index (χ3n) is 2.64.